The van der Waals surface area contributed by atoms with Crippen molar-refractivity contribution in [3.05, 3.63) is 29.8 Å². The Kier molecular flexibility index (Phi) is 7.66. The number of nitrogens with one attached hydrogen (secondary N) is 3. The third kappa shape index (κ3) is 7.42. The molecule has 1 aromatic rings. The largest absolute Gasteiger partial charge is 0.354 e. The van der Waals surface area contributed by atoms with Gasteiger partial charge in [0.2, 0.25) is 15.9 Å². The van der Waals surface area contributed by atoms with E-state index in [1.54, 1.807) is 26.0 Å². The van der Waals surface area contributed by atoms with Gasteiger partial charge in [0.05, 0.1) is 4.90 Å². The van der Waals surface area contributed by atoms with Crippen LogP contribution in [0.2, 0.25) is 0 Å². The van der Waals surface area contributed by atoms with Gasteiger partial charge in [-0.2, -0.15) is 0 Å². The molecular formula is C15H24N4O4S. The Morgan fingerprint density at radius 1 is 1.00 bits per heavy atom. The highest BCUT2D eigenvalue weighted by molar-refractivity contribution is 7.89. The van der Waals surface area contributed by atoms with Crippen LogP contribution in [-0.4, -0.2) is 40.0 Å². The van der Waals surface area contributed by atoms with Gasteiger partial charge in [0, 0.05) is 25.6 Å². The Morgan fingerprint density at radius 3 is 2.08 bits per heavy atom. The third-order valence-corrected chi connectivity index (χ3v) is 4.11. The maximum Gasteiger partial charge on any atom is 0.314 e. The van der Waals surface area contributed by atoms with E-state index in [0.717, 1.165) is 5.56 Å². The van der Waals surface area contributed by atoms with Crippen molar-refractivity contribution in [3.63, 3.8) is 0 Å². The molecule has 1 aromatic carbocycles. The van der Waals surface area contributed by atoms with Crippen LogP contribution in [0.4, 0.5) is 4.79 Å². The molecule has 24 heavy (non-hydrogen) atoms. The minimum Gasteiger partial charge on any atom is -0.354 e. The Morgan fingerprint density at radius 2 is 1.54 bits per heavy atom. The van der Waals surface area contributed by atoms with E-state index in [1.165, 1.54) is 12.1 Å². The van der Waals surface area contributed by atoms with Crippen molar-refractivity contribution in [3.8, 4) is 0 Å². The zero-order valence-electron chi connectivity index (χ0n) is 13.8. The predicted molar refractivity (Wildman–Crippen MR) is 90.8 cm³/mol. The van der Waals surface area contributed by atoms with Gasteiger partial charge in [-0.1, -0.05) is 26.0 Å². The van der Waals surface area contributed by atoms with E-state index in [4.69, 9.17) is 5.14 Å². The van der Waals surface area contributed by atoms with E-state index < -0.39 is 10.0 Å². The number of hydrogen-bond acceptors (Lipinski definition) is 4. The fourth-order valence-corrected chi connectivity index (χ4v) is 2.31. The molecule has 0 aliphatic carbocycles. The van der Waals surface area contributed by atoms with Crippen molar-refractivity contribution in [1.82, 2.24) is 16.0 Å². The van der Waals surface area contributed by atoms with Gasteiger partial charge >= 0.3 is 6.03 Å². The number of rotatable bonds is 8. The van der Waals surface area contributed by atoms with Gasteiger partial charge in [-0.05, 0) is 24.1 Å². The lowest BCUT2D eigenvalue weighted by Gasteiger charge is -2.10. The number of urea groups is 1. The smallest absolute Gasteiger partial charge is 0.314 e. The predicted octanol–water partition coefficient (Wildman–Crippen LogP) is -0.0521. The number of sulfonamides is 1. The van der Waals surface area contributed by atoms with Gasteiger partial charge < -0.3 is 16.0 Å². The molecule has 0 aliphatic heterocycles. The first kappa shape index (κ1) is 19.9. The Balaban J connectivity index is 2.22. The molecular weight excluding hydrogens is 332 g/mol. The summed E-state index contributed by atoms with van der Waals surface area (Å²) in [6.45, 7) is 4.71. The molecule has 0 atom stereocenters. The number of nitrogens with two attached hydrogens (primary N) is 1. The topological polar surface area (TPSA) is 130 Å². The van der Waals surface area contributed by atoms with Crippen molar-refractivity contribution in [2.24, 2.45) is 11.1 Å². The summed E-state index contributed by atoms with van der Waals surface area (Å²) in [6.07, 6.45) is 0.558. The molecule has 3 amide bonds. The zero-order chi connectivity index (χ0) is 18.2. The van der Waals surface area contributed by atoms with Crippen LogP contribution < -0.4 is 21.1 Å². The lowest BCUT2D eigenvalue weighted by atomic mass is 10.1. The standard InChI is InChI=1S/C15H24N4O4S/c1-11(2)14(20)17-9-10-19-15(21)18-8-7-12-3-5-13(6-4-12)24(16,22)23/h3-6,11H,7-10H2,1-2H3,(H,17,20)(H2,16,22,23)(H2,18,19,21). The van der Waals surface area contributed by atoms with E-state index in [-0.39, 0.29) is 22.8 Å². The molecule has 9 heteroatoms. The molecule has 8 nitrogen and oxygen atoms in total. The van der Waals surface area contributed by atoms with Crippen LogP contribution in [0, 0.1) is 5.92 Å². The number of amides is 3. The van der Waals surface area contributed by atoms with Gasteiger partial charge in [-0.15, -0.1) is 0 Å². The summed E-state index contributed by atoms with van der Waals surface area (Å²) in [5, 5.41) is 13.0. The quantitative estimate of drug-likeness (QED) is 0.486. The molecule has 0 aromatic heterocycles. The van der Waals surface area contributed by atoms with E-state index >= 15 is 0 Å². The number of benzene rings is 1. The van der Waals surface area contributed by atoms with Gasteiger partial charge in [0.15, 0.2) is 0 Å². The lowest BCUT2D eigenvalue weighted by Crippen LogP contribution is -2.41. The highest BCUT2D eigenvalue weighted by Gasteiger charge is 2.07. The molecule has 0 radical (unpaired) electrons. The molecule has 0 saturated heterocycles. The number of carbonyl (C=O) groups is 2. The molecule has 0 bridgehead atoms. The second kappa shape index (κ2) is 9.24. The summed E-state index contributed by atoms with van der Waals surface area (Å²) in [7, 11) is -3.69. The first-order valence-electron chi connectivity index (χ1n) is 7.61. The highest BCUT2D eigenvalue weighted by Crippen LogP contribution is 2.08. The molecule has 0 fully saturated rings. The zero-order valence-corrected chi connectivity index (χ0v) is 14.7. The van der Waals surface area contributed by atoms with Crippen LogP contribution in [0.5, 0.6) is 0 Å². The molecule has 134 valence electrons. The van der Waals surface area contributed by atoms with Crippen LogP contribution in [-0.2, 0) is 21.2 Å². The Labute approximate surface area is 142 Å². The van der Waals surface area contributed by atoms with E-state index in [0.29, 0.717) is 26.1 Å². The van der Waals surface area contributed by atoms with E-state index in [1.807, 2.05) is 0 Å². The second-order valence-corrected chi connectivity index (χ2v) is 7.13. The van der Waals surface area contributed by atoms with Gasteiger partial charge in [-0.25, -0.2) is 18.4 Å². The van der Waals surface area contributed by atoms with Crippen LogP contribution in [0.1, 0.15) is 19.4 Å². The summed E-state index contributed by atoms with van der Waals surface area (Å²) in [4.78, 5) is 22.9. The fraction of sp³-hybridized carbons (Fsp3) is 0.467. The fourth-order valence-electron chi connectivity index (χ4n) is 1.79. The maximum atomic E-state index is 11.6. The summed E-state index contributed by atoms with van der Waals surface area (Å²) >= 11 is 0. The Hall–Kier alpha value is -2.13. The molecule has 0 heterocycles. The van der Waals surface area contributed by atoms with Gasteiger partial charge in [0.25, 0.3) is 0 Å². The van der Waals surface area contributed by atoms with Crippen molar-refractivity contribution >= 4 is 22.0 Å². The second-order valence-electron chi connectivity index (χ2n) is 5.57. The minimum absolute atomic E-state index is 0.0554. The number of primary sulfonamides is 1. The van der Waals surface area contributed by atoms with Crippen molar-refractivity contribution in [2.75, 3.05) is 19.6 Å². The van der Waals surface area contributed by atoms with Gasteiger partial charge in [0.1, 0.15) is 0 Å². The normalized spacial score (nSPS) is 11.2. The van der Waals surface area contributed by atoms with Crippen molar-refractivity contribution in [1.29, 1.82) is 0 Å². The van der Waals surface area contributed by atoms with Crippen molar-refractivity contribution in [2.45, 2.75) is 25.2 Å². The summed E-state index contributed by atoms with van der Waals surface area (Å²) in [5.41, 5.74) is 0.881. The summed E-state index contributed by atoms with van der Waals surface area (Å²) in [6, 6.07) is 5.85. The monoisotopic (exact) mass is 356 g/mol. The van der Waals surface area contributed by atoms with Crippen molar-refractivity contribution < 1.29 is 18.0 Å². The molecule has 0 spiro atoms. The van der Waals surface area contributed by atoms with Crippen LogP contribution in [0.25, 0.3) is 0 Å². The third-order valence-electron chi connectivity index (χ3n) is 3.19. The molecule has 0 unspecified atom stereocenters. The average Bonchev–Trinajstić information content (AvgIpc) is 2.51. The maximum absolute atomic E-state index is 11.6. The SMILES string of the molecule is CC(C)C(=O)NCCNC(=O)NCCc1ccc(S(N)(=O)=O)cc1. The molecule has 1 rings (SSSR count). The van der Waals surface area contributed by atoms with Gasteiger partial charge in [-0.3, -0.25) is 4.79 Å². The summed E-state index contributed by atoms with van der Waals surface area (Å²) < 4.78 is 22.3. The first-order chi connectivity index (χ1) is 11.2. The lowest BCUT2D eigenvalue weighted by molar-refractivity contribution is -0.123. The molecule has 5 N–H and O–H groups in total. The number of carbonyl (C=O) groups excluding carboxylic acids is 2. The van der Waals surface area contributed by atoms with Crippen LogP contribution in [0.3, 0.4) is 0 Å². The summed E-state index contributed by atoms with van der Waals surface area (Å²) in [5.74, 6) is -0.139. The van der Waals surface area contributed by atoms with E-state index in [9.17, 15) is 18.0 Å². The first-order valence-corrected chi connectivity index (χ1v) is 9.16. The Bertz CT molecular complexity index is 657. The van der Waals surface area contributed by atoms with Crippen LogP contribution >= 0.6 is 0 Å². The molecule has 0 saturated carbocycles. The van der Waals surface area contributed by atoms with Crippen LogP contribution in [0.15, 0.2) is 29.2 Å². The average molecular weight is 356 g/mol. The minimum atomic E-state index is -3.69. The number of hydrogen-bond donors (Lipinski definition) is 4. The van der Waals surface area contributed by atoms with E-state index in [2.05, 4.69) is 16.0 Å². The highest BCUT2D eigenvalue weighted by atomic mass is 32.2. The molecule has 0 aliphatic rings.